The van der Waals surface area contributed by atoms with Crippen molar-refractivity contribution in [3.05, 3.63) is 35.8 Å². The number of ketones is 1. The third-order valence-corrected chi connectivity index (χ3v) is 2.56. The van der Waals surface area contributed by atoms with Crippen molar-refractivity contribution in [2.45, 2.75) is 27.2 Å². The number of nitrogens with one attached hydrogen (secondary N) is 1. The number of nitrogens with two attached hydrogens (primary N) is 1. The average molecular weight is 289 g/mol. The van der Waals surface area contributed by atoms with Gasteiger partial charge in [0.15, 0.2) is 5.78 Å². The van der Waals surface area contributed by atoms with E-state index in [2.05, 4.69) is 22.7 Å². The Balaban J connectivity index is 0.000000921. The summed E-state index contributed by atoms with van der Waals surface area (Å²) in [6.07, 6.45) is 3.87. The summed E-state index contributed by atoms with van der Waals surface area (Å²) in [5.74, 6) is 0.652. The smallest absolute Gasteiger partial charge is 0.180 e. The zero-order chi connectivity index (χ0) is 16.4. The van der Waals surface area contributed by atoms with Crippen LogP contribution in [0, 0.1) is 11.3 Å². The van der Waals surface area contributed by atoms with Crippen molar-refractivity contribution in [3.63, 3.8) is 0 Å². The molecule has 2 heterocycles. The van der Waals surface area contributed by atoms with Crippen molar-refractivity contribution < 1.29 is 4.79 Å². The van der Waals surface area contributed by atoms with Crippen molar-refractivity contribution in [1.29, 1.82) is 5.26 Å². The molecule has 0 amide bonds. The molecular weight excluding hydrogens is 266 g/mol. The SMILES string of the molecule is C=C(C#N)C1=NC2=CCNN2C(C(=O)CC)=C1.CC.CN. The van der Waals surface area contributed by atoms with Gasteiger partial charge in [0.1, 0.15) is 17.6 Å². The van der Waals surface area contributed by atoms with Crippen molar-refractivity contribution in [3.8, 4) is 6.07 Å². The first-order valence-electron chi connectivity index (χ1n) is 6.92. The molecule has 0 unspecified atom stereocenters. The van der Waals surface area contributed by atoms with Crippen LogP contribution < -0.4 is 11.2 Å². The third-order valence-electron chi connectivity index (χ3n) is 2.56. The van der Waals surface area contributed by atoms with E-state index in [9.17, 15) is 4.79 Å². The largest absolute Gasteiger partial charge is 0.333 e. The van der Waals surface area contributed by atoms with Gasteiger partial charge >= 0.3 is 0 Å². The number of hydrazine groups is 1. The maximum atomic E-state index is 11.8. The zero-order valence-corrected chi connectivity index (χ0v) is 13.1. The normalized spacial score (nSPS) is 14.9. The highest BCUT2D eigenvalue weighted by atomic mass is 16.1. The summed E-state index contributed by atoms with van der Waals surface area (Å²) in [6, 6.07) is 1.94. The number of nitrogens with zero attached hydrogens (tertiary/aromatic N) is 3. The van der Waals surface area contributed by atoms with Gasteiger partial charge in [-0.25, -0.2) is 10.4 Å². The molecule has 2 aliphatic rings. The first kappa shape index (κ1) is 18.8. The van der Waals surface area contributed by atoms with Gasteiger partial charge in [0.25, 0.3) is 0 Å². The Morgan fingerprint density at radius 3 is 2.71 bits per heavy atom. The van der Waals surface area contributed by atoms with Crippen LogP contribution in [0.25, 0.3) is 0 Å². The Morgan fingerprint density at radius 2 is 2.19 bits per heavy atom. The van der Waals surface area contributed by atoms with Crippen molar-refractivity contribution in [2.75, 3.05) is 13.6 Å². The van der Waals surface area contributed by atoms with E-state index < -0.39 is 0 Å². The average Bonchev–Trinajstić information content (AvgIpc) is 3.04. The lowest BCUT2D eigenvalue weighted by Crippen LogP contribution is -2.36. The van der Waals surface area contributed by atoms with Crippen LogP contribution in [0.5, 0.6) is 0 Å². The maximum Gasteiger partial charge on any atom is 0.180 e. The minimum absolute atomic E-state index is 0.00318. The second kappa shape index (κ2) is 9.64. The number of aliphatic imine (C=N–C) groups is 1. The fourth-order valence-electron chi connectivity index (χ4n) is 1.65. The molecule has 0 spiro atoms. The van der Waals surface area contributed by atoms with E-state index in [4.69, 9.17) is 5.26 Å². The van der Waals surface area contributed by atoms with Crippen LogP contribution in [0.2, 0.25) is 0 Å². The van der Waals surface area contributed by atoms with Crippen LogP contribution in [-0.4, -0.2) is 30.1 Å². The van der Waals surface area contributed by atoms with E-state index in [0.717, 1.165) is 0 Å². The summed E-state index contributed by atoms with van der Waals surface area (Å²) < 4.78 is 0. The second-order valence-electron chi connectivity index (χ2n) is 3.65. The monoisotopic (exact) mass is 289 g/mol. The molecule has 0 fully saturated rings. The molecule has 6 heteroatoms. The summed E-state index contributed by atoms with van der Waals surface area (Å²) >= 11 is 0. The third kappa shape index (κ3) is 4.38. The lowest BCUT2D eigenvalue weighted by atomic mass is 10.1. The second-order valence-corrected chi connectivity index (χ2v) is 3.65. The summed E-state index contributed by atoms with van der Waals surface area (Å²) in [5.41, 5.74) is 8.76. The highest BCUT2D eigenvalue weighted by Gasteiger charge is 2.27. The number of carbonyl (C=O) groups excluding carboxylic acids is 1. The molecule has 0 aromatic heterocycles. The predicted octanol–water partition coefficient (Wildman–Crippen LogP) is 1.65. The molecule has 0 atom stereocenters. The predicted molar refractivity (Wildman–Crippen MR) is 85.0 cm³/mol. The number of hydrogen-bond donors (Lipinski definition) is 2. The molecule has 2 rings (SSSR count). The number of fused-ring (bicyclic) bond motifs is 1. The fourth-order valence-corrected chi connectivity index (χ4v) is 1.65. The molecule has 2 aliphatic heterocycles. The Kier molecular flexibility index (Phi) is 8.62. The molecule has 114 valence electrons. The standard InChI is InChI=1S/C12H12N4O.C2H6.CH5N/c1-3-11(17)10-6-9(8(2)7-13)15-12-4-5-14-16(10)12;2*1-2/h4,6,14H,2-3,5H2,1H3;1-2H3;2H2,1H3. The van der Waals surface area contributed by atoms with Crippen LogP contribution in [0.3, 0.4) is 0 Å². The van der Waals surface area contributed by atoms with Gasteiger partial charge in [0.2, 0.25) is 0 Å². The minimum atomic E-state index is 0.00318. The van der Waals surface area contributed by atoms with E-state index in [-0.39, 0.29) is 11.4 Å². The van der Waals surface area contributed by atoms with Gasteiger partial charge in [-0.15, -0.1) is 0 Å². The van der Waals surface area contributed by atoms with Gasteiger partial charge in [0.05, 0.1) is 11.3 Å². The van der Waals surface area contributed by atoms with Crippen molar-refractivity contribution >= 4 is 11.5 Å². The molecular formula is C15H23N5O. The van der Waals surface area contributed by atoms with Crippen LogP contribution in [-0.2, 0) is 4.79 Å². The first-order valence-corrected chi connectivity index (χ1v) is 6.92. The van der Waals surface area contributed by atoms with Gasteiger partial charge in [-0.2, -0.15) is 5.26 Å². The molecule has 0 saturated carbocycles. The van der Waals surface area contributed by atoms with Crippen molar-refractivity contribution in [2.24, 2.45) is 10.7 Å². The molecule has 0 saturated heterocycles. The molecule has 0 aliphatic carbocycles. The van der Waals surface area contributed by atoms with E-state index in [0.29, 0.717) is 30.2 Å². The van der Waals surface area contributed by atoms with Gasteiger partial charge in [-0.1, -0.05) is 27.4 Å². The molecule has 0 radical (unpaired) electrons. The fraction of sp³-hybridized carbons (Fsp3) is 0.400. The van der Waals surface area contributed by atoms with E-state index >= 15 is 0 Å². The van der Waals surface area contributed by atoms with E-state index in [1.54, 1.807) is 18.0 Å². The summed E-state index contributed by atoms with van der Waals surface area (Å²) in [4.78, 5) is 16.1. The Morgan fingerprint density at radius 1 is 1.57 bits per heavy atom. The molecule has 0 aromatic carbocycles. The van der Waals surface area contributed by atoms with Crippen LogP contribution in [0.15, 0.2) is 40.8 Å². The highest BCUT2D eigenvalue weighted by Crippen LogP contribution is 2.23. The molecule has 3 N–H and O–H groups in total. The number of carbonyl (C=O) groups is 1. The summed E-state index contributed by atoms with van der Waals surface area (Å²) in [5, 5.41) is 10.5. The van der Waals surface area contributed by atoms with Gasteiger partial charge in [0, 0.05) is 13.0 Å². The van der Waals surface area contributed by atoms with E-state index in [1.807, 2.05) is 26.0 Å². The lowest BCUT2D eigenvalue weighted by Gasteiger charge is -2.25. The molecule has 6 nitrogen and oxygen atoms in total. The molecule has 0 bridgehead atoms. The summed E-state index contributed by atoms with van der Waals surface area (Å²) in [6.45, 7) is 10.0. The number of nitriles is 1. The Labute approximate surface area is 126 Å². The Bertz CT molecular complexity index is 523. The van der Waals surface area contributed by atoms with Gasteiger partial charge in [-0.3, -0.25) is 9.80 Å². The van der Waals surface area contributed by atoms with E-state index in [1.165, 1.54) is 7.05 Å². The maximum absolute atomic E-state index is 11.8. The van der Waals surface area contributed by atoms with Crippen LogP contribution in [0.4, 0.5) is 0 Å². The number of rotatable bonds is 3. The Hall–Kier alpha value is -2.23. The molecule has 21 heavy (non-hydrogen) atoms. The number of hydrogen-bond acceptors (Lipinski definition) is 6. The number of Topliss-reactive ketones (excluding diaryl/α,β-unsaturated/α-hetero) is 1. The topological polar surface area (TPSA) is 94.5 Å². The first-order chi connectivity index (χ1) is 10.2. The quantitative estimate of drug-likeness (QED) is 0.770. The van der Waals surface area contributed by atoms with Crippen LogP contribution in [0.1, 0.15) is 27.2 Å². The van der Waals surface area contributed by atoms with Gasteiger partial charge < -0.3 is 5.73 Å². The summed E-state index contributed by atoms with van der Waals surface area (Å²) in [7, 11) is 1.50. The zero-order valence-electron chi connectivity index (χ0n) is 13.1. The van der Waals surface area contributed by atoms with Crippen molar-refractivity contribution in [1.82, 2.24) is 10.4 Å². The van der Waals surface area contributed by atoms with Crippen LogP contribution >= 0.6 is 0 Å². The molecule has 0 aromatic rings. The minimum Gasteiger partial charge on any atom is -0.333 e. The lowest BCUT2D eigenvalue weighted by molar-refractivity contribution is -0.116. The van der Waals surface area contributed by atoms with Gasteiger partial charge in [-0.05, 0) is 19.2 Å². The number of allylic oxidation sites excluding steroid dienone is 3. The highest BCUT2D eigenvalue weighted by molar-refractivity contribution is 6.15.